The third-order valence-electron chi connectivity index (χ3n) is 12.7. The van der Waals surface area contributed by atoms with Crippen LogP contribution in [0, 0.1) is 17.3 Å². The van der Waals surface area contributed by atoms with E-state index in [1.54, 1.807) is 0 Å². The van der Waals surface area contributed by atoms with E-state index >= 15 is 0 Å². The number of benzene rings is 2. The Hall–Kier alpha value is -4.26. The first-order valence-corrected chi connectivity index (χ1v) is 17.8. The van der Waals surface area contributed by atoms with Gasteiger partial charge in [0, 0.05) is 11.0 Å². The zero-order valence-electron chi connectivity index (χ0n) is 28.8. The number of nitrogens with one attached hydrogen (secondary N) is 1. The summed E-state index contributed by atoms with van der Waals surface area (Å²) in [6.45, 7) is 6.49. The van der Waals surface area contributed by atoms with Crippen molar-refractivity contribution in [3.63, 3.8) is 0 Å². The number of rotatable bonds is 10. The fraction of sp³-hybridized carbons (Fsp3) is 0.538. The van der Waals surface area contributed by atoms with Crippen molar-refractivity contribution in [1.82, 2.24) is 5.32 Å². The lowest BCUT2D eigenvalue weighted by Crippen LogP contribution is -2.70. The quantitative estimate of drug-likeness (QED) is 0.217. The summed E-state index contributed by atoms with van der Waals surface area (Å²) in [4.78, 5) is 53.2. The molecule has 10 atom stereocenters. The molecule has 2 aromatic carbocycles. The van der Waals surface area contributed by atoms with Crippen LogP contribution in [0.15, 0.2) is 71.8 Å². The molecule has 0 unspecified atom stereocenters. The molecular weight excluding hydrogens is 658 g/mol. The molecule has 51 heavy (non-hydrogen) atoms. The minimum atomic E-state index is -1.42. The summed E-state index contributed by atoms with van der Waals surface area (Å²) in [7, 11) is 0. The summed E-state index contributed by atoms with van der Waals surface area (Å²) in [6, 6.07) is 16.9. The van der Waals surface area contributed by atoms with E-state index in [0.29, 0.717) is 19.3 Å². The second-order valence-corrected chi connectivity index (χ2v) is 15.4. The molecule has 0 aromatic heterocycles. The van der Waals surface area contributed by atoms with Crippen LogP contribution in [0.4, 0.5) is 4.79 Å². The van der Waals surface area contributed by atoms with Crippen LogP contribution in [0.5, 0.6) is 0 Å². The number of ether oxygens (including phenoxy) is 7. The summed E-state index contributed by atoms with van der Waals surface area (Å²) in [5, 5.41) is 2.57. The molecule has 4 heterocycles. The topological polar surface area (TPSA) is 155 Å². The van der Waals surface area contributed by atoms with Gasteiger partial charge in [0.1, 0.15) is 49.3 Å². The van der Waals surface area contributed by atoms with Crippen molar-refractivity contribution in [2.75, 3.05) is 6.61 Å². The fourth-order valence-corrected chi connectivity index (χ4v) is 10.1. The molecule has 2 spiro atoms. The molecule has 3 saturated heterocycles. The second kappa shape index (κ2) is 11.4. The Labute approximate surface area is 295 Å². The Morgan fingerprint density at radius 3 is 2.29 bits per heavy atom. The first-order chi connectivity index (χ1) is 24.5. The minimum absolute atomic E-state index is 0.00289. The van der Waals surface area contributed by atoms with E-state index in [0.717, 1.165) is 22.3 Å². The van der Waals surface area contributed by atoms with Gasteiger partial charge in [0.15, 0.2) is 11.7 Å². The fourth-order valence-electron chi connectivity index (χ4n) is 10.1. The van der Waals surface area contributed by atoms with Crippen LogP contribution in [-0.2, 0) is 60.8 Å². The van der Waals surface area contributed by atoms with Crippen molar-refractivity contribution in [3.8, 4) is 0 Å². The lowest BCUT2D eigenvalue weighted by atomic mass is 9.46. The van der Waals surface area contributed by atoms with E-state index < -0.39 is 58.8 Å². The van der Waals surface area contributed by atoms with E-state index in [1.165, 1.54) is 0 Å². The molecule has 2 saturated carbocycles. The highest BCUT2D eigenvalue weighted by molar-refractivity contribution is 5.92. The highest BCUT2D eigenvalue weighted by atomic mass is 16.8. The number of cyclic esters (lactones) is 1. The molecule has 12 nitrogen and oxygen atoms in total. The molecule has 12 heteroatoms. The molecule has 268 valence electrons. The molecule has 0 bridgehead atoms. The molecule has 7 aliphatic rings. The standard InChI is InChI=1S/C39H41NO11/c1-21(2)37-30(50-37)31-39(51-31)36(3)15-14-24-25(20-46-32(24)42)26(36)16-28-38(39,49-28)34(37)48-33(43)27(17-29(41)45-18-22-10-6-4-7-11-22)40-35(44)47-19-23-12-8-5-9-13-23/h4-13,21,26-28,30-31,34H,14-20H2,1-3H3,(H,40,44)/t26-,27-,28-,30-,31-,34+,36-,37-,38+,39+/m0/s1. The summed E-state index contributed by atoms with van der Waals surface area (Å²) < 4.78 is 42.9. The molecule has 5 fully saturated rings. The van der Waals surface area contributed by atoms with Gasteiger partial charge in [-0.25, -0.2) is 14.4 Å². The van der Waals surface area contributed by atoms with E-state index in [1.807, 2.05) is 74.5 Å². The van der Waals surface area contributed by atoms with Crippen molar-refractivity contribution >= 4 is 24.0 Å². The third-order valence-corrected chi connectivity index (χ3v) is 12.7. The van der Waals surface area contributed by atoms with Crippen LogP contribution < -0.4 is 5.32 Å². The van der Waals surface area contributed by atoms with Gasteiger partial charge in [-0.2, -0.15) is 0 Å². The summed E-state index contributed by atoms with van der Waals surface area (Å²) in [5.41, 5.74) is 0.215. The Kier molecular flexibility index (Phi) is 7.27. The first kappa shape index (κ1) is 32.6. The number of alkyl carbamates (subject to hydrolysis) is 1. The zero-order chi connectivity index (χ0) is 35.3. The Morgan fingerprint density at radius 2 is 1.61 bits per heavy atom. The van der Waals surface area contributed by atoms with Crippen molar-refractivity contribution in [2.45, 2.75) is 107 Å². The van der Waals surface area contributed by atoms with E-state index in [9.17, 15) is 19.2 Å². The first-order valence-electron chi connectivity index (χ1n) is 17.8. The van der Waals surface area contributed by atoms with Crippen molar-refractivity contribution in [1.29, 1.82) is 0 Å². The lowest BCUT2D eigenvalue weighted by Gasteiger charge is -2.53. The molecule has 1 amide bonds. The van der Waals surface area contributed by atoms with Gasteiger partial charge in [0.05, 0.1) is 12.5 Å². The Morgan fingerprint density at radius 1 is 0.922 bits per heavy atom. The average molecular weight is 700 g/mol. The number of carbonyl (C=O) groups excluding carboxylic acids is 4. The van der Waals surface area contributed by atoms with Crippen LogP contribution in [0.25, 0.3) is 0 Å². The molecular formula is C39H41NO11. The maximum Gasteiger partial charge on any atom is 0.408 e. The highest BCUT2D eigenvalue weighted by Gasteiger charge is 3.01. The monoisotopic (exact) mass is 699 g/mol. The number of hydrogen-bond acceptors (Lipinski definition) is 11. The van der Waals surface area contributed by atoms with Gasteiger partial charge in [-0.15, -0.1) is 0 Å². The van der Waals surface area contributed by atoms with Crippen LogP contribution >= 0.6 is 0 Å². The average Bonchev–Trinajstić information content (AvgIpc) is 4.05. The highest BCUT2D eigenvalue weighted by Crippen LogP contribution is 2.83. The lowest BCUT2D eigenvalue weighted by molar-refractivity contribution is -0.173. The molecule has 9 rings (SSSR count). The van der Waals surface area contributed by atoms with Gasteiger partial charge in [-0.05, 0) is 47.8 Å². The molecule has 4 aliphatic heterocycles. The van der Waals surface area contributed by atoms with Crippen molar-refractivity contribution in [3.05, 3.63) is 82.9 Å². The van der Waals surface area contributed by atoms with Crippen LogP contribution in [0.3, 0.4) is 0 Å². The van der Waals surface area contributed by atoms with Crippen molar-refractivity contribution < 1.29 is 52.3 Å². The number of epoxide rings is 3. The predicted octanol–water partition coefficient (Wildman–Crippen LogP) is 4.08. The Bertz CT molecular complexity index is 1770. The van der Waals surface area contributed by atoms with Crippen LogP contribution in [0.1, 0.15) is 57.6 Å². The van der Waals surface area contributed by atoms with Gasteiger partial charge < -0.3 is 38.5 Å². The summed E-state index contributed by atoms with van der Waals surface area (Å²) >= 11 is 0. The van der Waals surface area contributed by atoms with Gasteiger partial charge in [0.25, 0.3) is 0 Å². The summed E-state index contributed by atoms with van der Waals surface area (Å²) in [5.74, 6) is -1.83. The van der Waals surface area contributed by atoms with Gasteiger partial charge in [-0.1, -0.05) is 81.4 Å². The van der Waals surface area contributed by atoms with Crippen molar-refractivity contribution in [2.24, 2.45) is 17.3 Å². The largest absolute Gasteiger partial charge is 0.461 e. The molecule has 3 aliphatic carbocycles. The van der Waals surface area contributed by atoms with Crippen LogP contribution in [-0.4, -0.2) is 77.9 Å². The zero-order valence-corrected chi connectivity index (χ0v) is 28.8. The summed E-state index contributed by atoms with van der Waals surface area (Å²) in [6.07, 6.45) is -1.28. The number of fused-ring (bicyclic) bond motifs is 4. The Balaban J connectivity index is 0.992. The molecule has 1 N–H and O–H groups in total. The van der Waals surface area contributed by atoms with Gasteiger partial charge >= 0.3 is 24.0 Å². The molecule has 2 aromatic rings. The number of carbonyl (C=O) groups is 4. The van der Waals surface area contributed by atoms with Gasteiger partial charge in [0.2, 0.25) is 0 Å². The van der Waals surface area contributed by atoms with E-state index in [4.69, 9.17) is 33.2 Å². The number of amides is 1. The molecule has 0 radical (unpaired) electrons. The van der Waals surface area contributed by atoms with E-state index in [-0.39, 0.29) is 55.9 Å². The minimum Gasteiger partial charge on any atom is -0.461 e. The maximum atomic E-state index is 14.3. The number of esters is 3. The SMILES string of the molecule is CC(C)[C@]12O[C@H]1[C@@H]1O[C@]13[C@]1(O[C@H]1C[C@H]1C4=C(CC[C@@]13C)C(=O)OC4)[C@@H]2OC(=O)[C@H](CC(=O)OCc1ccccc1)NC(=O)OCc1ccccc1. The van der Waals surface area contributed by atoms with Crippen LogP contribution in [0.2, 0.25) is 0 Å². The van der Waals surface area contributed by atoms with E-state index in [2.05, 4.69) is 12.2 Å². The predicted molar refractivity (Wildman–Crippen MR) is 175 cm³/mol. The maximum absolute atomic E-state index is 14.3. The second-order valence-electron chi connectivity index (χ2n) is 15.4. The number of hydrogen-bond donors (Lipinski definition) is 1. The normalized spacial score (nSPS) is 38.0. The smallest absolute Gasteiger partial charge is 0.408 e. The van der Waals surface area contributed by atoms with Gasteiger partial charge in [-0.3, -0.25) is 4.79 Å². The third kappa shape index (κ3) is 4.61.